The van der Waals surface area contributed by atoms with Crippen molar-refractivity contribution < 1.29 is 29.9 Å². The van der Waals surface area contributed by atoms with Gasteiger partial charge in [0.05, 0.1) is 13.2 Å². The smallest absolute Gasteiger partial charge is 0.186 e. The lowest BCUT2D eigenvalue weighted by molar-refractivity contribution is -0.301. The third kappa shape index (κ3) is 6.10. The number of ether oxygens (including phenoxy) is 2. The van der Waals surface area contributed by atoms with Gasteiger partial charge in [-0.2, -0.15) is 0 Å². The molecule has 0 aromatic carbocycles. The van der Waals surface area contributed by atoms with E-state index in [9.17, 15) is 15.3 Å². The summed E-state index contributed by atoms with van der Waals surface area (Å²) in [7, 11) is 0. The summed E-state index contributed by atoms with van der Waals surface area (Å²) in [6, 6.07) is 0. The van der Waals surface area contributed by atoms with Gasteiger partial charge in [0.1, 0.15) is 24.4 Å². The van der Waals surface area contributed by atoms with Gasteiger partial charge < -0.3 is 29.9 Å². The topological polar surface area (TPSA) is 99.4 Å². The zero-order valence-corrected chi connectivity index (χ0v) is 13.9. The predicted octanol–water partition coefficient (Wildman–Crippen LogP) is 0.655. The third-order valence-electron chi connectivity index (χ3n) is 4.22. The molecule has 22 heavy (non-hydrogen) atoms. The molecule has 0 amide bonds. The van der Waals surface area contributed by atoms with Gasteiger partial charge in [-0.1, -0.05) is 40.0 Å². The van der Waals surface area contributed by atoms with Gasteiger partial charge in [0.2, 0.25) is 0 Å². The summed E-state index contributed by atoms with van der Waals surface area (Å²) in [5, 5.41) is 38.3. The Hall–Kier alpha value is -0.240. The minimum absolute atomic E-state index is 0.408. The molecule has 1 fully saturated rings. The second-order valence-corrected chi connectivity index (χ2v) is 6.79. The summed E-state index contributed by atoms with van der Waals surface area (Å²) >= 11 is 0. The largest absolute Gasteiger partial charge is 0.394 e. The predicted molar refractivity (Wildman–Crippen MR) is 82.2 cm³/mol. The first-order valence-corrected chi connectivity index (χ1v) is 8.28. The lowest BCUT2D eigenvalue weighted by atomic mass is 9.97. The molecule has 6 heteroatoms. The Kier molecular flexibility index (Phi) is 8.82. The molecule has 1 aliphatic heterocycles. The first-order valence-electron chi connectivity index (χ1n) is 8.28. The average molecular weight is 320 g/mol. The quantitative estimate of drug-likeness (QED) is 0.498. The molecule has 1 rings (SSSR count). The molecule has 1 saturated heterocycles. The zero-order valence-electron chi connectivity index (χ0n) is 13.9. The lowest BCUT2D eigenvalue weighted by Crippen LogP contribution is -2.59. The number of aliphatic hydroxyl groups is 4. The van der Waals surface area contributed by atoms with Crippen molar-refractivity contribution >= 4 is 0 Å². The molecule has 0 saturated carbocycles. The summed E-state index contributed by atoms with van der Waals surface area (Å²) in [4.78, 5) is 0. The number of hydrogen-bond acceptors (Lipinski definition) is 6. The molecule has 0 aromatic heterocycles. The van der Waals surface area contributed by atoms with Crippen LogP contribution in [0.25, 0.3) is 0 Å². The SMILES string of the molecule is CC(C)CCCC(C)CCO[C@@H]1O[C@H](CO)[C@@H](O)[C@H](O)[C@H]1O. The van der Waals surface area contributed by atoms with E-state index in [4.69, 9.17) is 14.6 Å². The van der Waals surface area contributed by atoms with Crippen LogP contribution < -0.4 is 0 Å². The summed E-state index contributed by atoms with van der Waals surface area (Å²) in [5.74, 6) is 1.24. The number of hydrogen-bond donors (Lipinski definition) is 4. The van der Waals surface area contributed by atoms with Crippen LogP contribution >= 0.6 is 0 Å². The second kappa shape index (κ2) is 9.80. The van der Waals surface area contributed by atoms with Crippen LogP contribution in [0.5, 0.6) is 0 Å². The van der Waals surface area contributed by atoms with Crippen LogP contribution in [-0.2, 0) is 9.47 Å². The lowest BCUT2D eigenvalue weighted by Gasteiger charge is -2.39. The Morgan fingerprint density at radius 1 is 0.955 bits per heavy atom. The highest BCUT2D eigenvalue weighted by Crippen LogP contribution is 2.23. The highest BCUT2D eigenvalue weighted by Gasteiger charge is 2.43. The fourth-order valence-electron chi connectivity index (χ4n) is 2.61. The third-order valence-corrected chi connectivity index (χ3v) is 4.22. The molecule has 0 aromatic rings. The first-order chi connectivity index (χ1) is 10.4. The maximum absolute atomic E-state index is 9.85. The Bertz CT molecular complexity index is 296. The number of aliphatic hydroxyl groups excluding tert-OH is 4. The molecule has 4 N–H and O–H groups in total. The molecule has 0 spiro atoms. The summed E-state index contributed by atoms with van der Waals surface area (Å²) in [6.07, 6.45) is -1.56. The van der Waals surface area contributed by atoms with Crippen molar-refractivity contribution in [1.29, 1.82) is 0 Å². The highest BCUT2D eigenvalue weighted by atomic mass is 16.7. The van der Waals surface area contributed by atoms with Gasteiger partial charge in [0.15, 0.2) is 6.29 Å². The number of rotatable bonds is 9. The van der Waals surface area contributed by atoms with Crippen molar-refractivity contribution in [3.63, 3.8) is 0 Å². The van der Waals surface area contributed by atoms with Gasteiger partial charge in [-0.15, -0.1) is 0 Å². The molecule has 1 heterocycles. The molecular formula is C16H32O6. The van der Waals surface area contributed by atoms with E-state index in [0.717, 1.165) is 18.8 Å². The zero-order chi connectivity index (χ0) is 16.7. The van der Waals surface area contributed by atoms with Crippen LogP contribution in [0.2, 0.25) is 0 Å². The molecular weight excluding hydrogens is 288 g/mol. The van der Waals surface area contributed by atoms with E-state index in [2.05, 4.69) is 20.8 Å². The van der Waals surface area contributed by atoms with Crippen molar-refractivity contribution in [3.05, 3.63) is 0 Å². The van der Waals surface area contributed by atoms with Crippen molar-refractivity contribution in [2.24, 2.45) is 11.8 Å². The van der Waals surface area contributed by atoms with Crippen LogP contribution in [0, 0.1) is 11.8 Å². The van der Waals surface area contributed by atoms with Crippen molar-refractivity contribution in [1.82, 2.24) is 0 Å². The Labute approximate surface area is 133 Å². The van der Waals surface area contributed by atoms with E-state index in [0.29, 0.717) is 12.5 Å². The van der Waals surface area contributed by atoms with Crippen LogP contribution in [0.4, 0.5) is 0 Å². The summed E-state index contributed by atoms with van der Waals surface area (Å²) in [6.45, 7) is 6.57. The van der Waals surface area contributed by atoms with Crippen molar-refractivity contribution in [3.8, 4) is 0 Å². The van der Waals surface area contributed by atoms with Gasteiger partial charge in [-0.05, 0) is 18.3 Å². The standard InChI is InChI=1S/C16H32O6/c1-10(2)5-4-6-11(3)7-8-21-16-15(20)14(19)13(18)12(9-17)22-16/h10-20H,4-9H2,1-3H3/t11?,12-,13-,14+,15-,16-/m1/s1. The normalized spacial score (nSPS) is 34.1. The Morgan fingerprint density at radius 3 is 2.23 bits per heavy atom. The van der Waals surface area contributed by atoms with E-state index < -0.39 is 37.3 Å². The monoisotopic (exact) mass is 320 g/mol. The fraction of sp³-hybridized carbons (Fsp3) is 1.00. The van der Waals surface area contributed by atoms with E-state index >= 15 is 0 Å². The van der Waals surface area contributed by atoms with E-state index in [1.54, 1.807) is 0 Å². The summed E-state index contributed by atoms with van der Waals surface area (Å²) < 4.78 is 10.8. The maximum atomic E-state index is 9.85. The van der Waals surface area contributed by atoms with Crippen molar-refractivity contribution in [2.45, 2.75) is 77.2 Å². The van der Waals surface area contributed by atoms with Crippen LogP contribution in [0.1, 0.15) is 46.5 Å². The minimum Gasteiger partial charge on any atom is -0.394 e. The molecule has 132 valence electrons. The second-order valence-electron chi connectivity index (χ2n) is 6.79. The van der Waals surface area contributed by atoms with Gasteiger partial charge in [0, 0.05) is 0 Å². The highest BCUT2D eigenvalue weighted by molar-refractivity contribution is 4.88. The molecule has 1 unspecified atom stereocenters. The van der Waals surface area contributed by atoms with Crippen LogP contribution in [0.15, 0.2) is 0 Å². The fourth-order valence-corrected chi connectivity index (χ4v) is 2.61. The molecule has 0 bridgehead atoms. The van der Waals surface area contributed by atoms with Gasteiger partial charge >= 0.3 is 0 Å². The van der Waals surface area contributed by atoms with E-state index in [-0.39, 0.29) is 0 Å². The molecule has 1 aliphatic rings. The summed E-state index contributed by atoms with van der Waals surface area (Å²) in [5.41, 5.74) is 0. The van der Waals surface area contributed by atoms with Crippen molar-refractivity contribution in [2.75, 3.05) is 13.2 Å². The minimum atomic E-state index is -1.38. The molecule has 6 nitrogen and oxygen atoms in total. The van der Waals surface area contributed by atoms with Crippen LogP contribution in [0.3, 0.4) is 0 Å². The molecule has 6 atom stereocenters. The van der Waals surface area contributed by atoms with E-state index in [1.807, 2.05) is 0 Å². The molecule has 0 radical (unpaired) electrons. The van der Waals surface area contributed by atoms with E-state index in [1.165, 1.54) is 12.8 Å². The van der Waals surface area contributed by atoms with Gasteiger partial charge in [0.25, 0.3) is 0 Å². The molecule has 0 aliphatic carbocycles. The Balaban J connectivity index is 2.28. The Morgan fingerprint density at radius 2 is 1.64 bits per heavy atom. The van der Waals surface area contributed by atoms with Crippen LogP contribution in [-0.4, -0.2) is 64.3 Å². The van der Waals surface area contributed by atoms with Gasteiger partial charge in [-0.25, -0.2) is 0 Å². The maximum Gasteiger partial charge on any atom is 0.186 e. The average Bonchev–Trinajstić information content (AvgIpc) is 2.47. The van der Waals surface area contributed by atoms with Gasteiger partial charge in [-0.3, -0.25) is 0 Å². The first kappa shape index (κ1) is 19.8.